The molecule has 12 nitrogen and oxygen atoms in total. The number of nitrogens with zero attached hydrogens (tertiary/aromatic N) is 2. The summed E-state index contributed by atoms with van der Waals surface area (Å²) in [5.41, 5.74) is 1.16. The summed E-state index contributed by atoms with van der Waals surface area (Å²) in [5.74, 6) is -1.18. The molecule has 2 aliphatic carbocycles. The first-order valence-electron chi connectivity index (χ1n) is 18.6. The van der Waals surface area contributed by atoms with Crippen LogP contribution in [0, 0.1) is 12.8 Å². The number of aryl methyl sites for hydroxylation is 2. The second-order valence-corrected chi connectivity index (χ2v) is 17.0. The van der Waals surface area contributed by atoms with Gasteiger partial charge in [0, 0.05) is 29.9 Å². The summed E-state index contributed by atoms with van der Waals surface area (Å²) < 4.78 is 40.0. The Morgan fingerprint density at radius 1 is 1.10 bits per heavy atom. The standard InChI is InChI=1S/C38H53N5O7S/c1-5-28-29-15-12-13-16-30(29)40-25(3)33(28)50-27-22-32-34(44)41-38(36(46)42-51(47,48)37(4)20-21-37)19-18-26(38)14-10-8-7-9-11-17-31(39-24-49-6-2)35(45)43(32)23-27/h10,12-16,26-27,31-32,39H,5-9,11,17-24H2,1-4H3,(H,41,44)(H,42,46). The second-order valence-electron chi connectivity index (χ2n) is 14.8. The zero-order valence-electron chi connectivity index (χ0n) is 30.3. The lowest BCUT2D eigenvalue weighted by atomic mass is 9.65. The van der Waals surface area contributed by atoms with Gasteiger partial charge in [0.1, 0.15) is 23.4 Å². The highest BCUT2D eigenvalue weighted by Gasteiger charge is 2.58. The van der Waals surface area contributed by atoms with E-state index in [1.807, 2.05) is 50.3 Å². The number of benzene rings is 1. The molecular weight excluding hydrogens is 671 g/mol. The Balaban J connectivity index is 1.33. The molecule has 278 valence electrons. The summed E-state index contributed by atoms with van der Waals surface area (Å²) in [6, 6.07) is 6.39. The van der Waals surface area contributed by atoms with Crippen LogP contribution < -0.4 is 20.1 Å². The van der Waals surface area contributed by atoms with Gasteiger partial charge in [-0.1, -0.05) is 50.1 Å². The molecule has 5 unspecified atom stereocenters. The van der Waals surface area contributed by atoms with Gasteiger partial charge in [-0.3, -0.25) is 24.4 Å². The Morgan fingerprint density at radius 3 is 2.59 bits per heavy atom. The number of amides is 3. The van der Waals surface area contributed by atoms with Crippen molar-refractivity contribution in [3.63, 3.8) is 0 Å². The van der Waals surface area contributed by atoms with E-state index >= 15 is 0 Å². The molecule has 5 atom stereocenters. The van der Waals surface area contributed by atoms with Gasteiger partial charge in [-0.2, -0.15) is 0 Å². The number of allylic oxidation sites excluding steroid dienone is 1. The maximum Gasteiger partial charge on any atom is 0.259 e. The summed E-state index contributed by atoms with van der Waals surface area (Å²) in [4.78, 5) is 49.3. The first-order chi connectivity index (χ1) is 24.4. The molecular formula is C38H53N5O7S. The predicted octanol–water partition coefficient (Wildman–Crippen LogP) is 4.19. The van der Waals surface area contributed by atoms with E-state index in [4.69, 9.17) is 14.5 Å². The van der Waals surface area contributed by atoms with Gasteiger partial charge in [0.15, 0.2) is 0 Å². The third-order valence-corrected chi connectivity index (χ3v) is 13.5. The molecule has 3 N–H and O–H groups in total. The van der Waals surface area contributed by atoms with E-state index in [9.17, 15) is 22.8 Å². The molecule has 6 rings (SSSR count). The summed E-state index contributed by atoms with van der Waals surface area (Å²) in [7, 11) is -3.95. The van der Waals surface area contributed by atoms with Gasteiger partial charge in [0.05, 0.1) is 35.3 Å². The molecule has 3 amide bonds. The van der Waals surface area contributed by atoms with Crippen LogP contribution in [0.3, 0.4) is 0 Å². The van der Waals surface area contributed by atoms with Crippen LogP contribution in [0.4, 0.5) is 0 Å². The maximum absolute atomic E-state index is 14.5. The Labute approximate surface area is 301 Å². The van der Waals surface area contributed by atoms with E-state index in [2.05, 4.69) is 22.3 Å². The molecule has 3 heterocycles. The van der Waals surface area contributed by atoms with Gasteiger partial charge in [-0.25, -0.2) is 13.4 Å². The molecule has 0 radical (unpaired) electrons. The number of nitrogens with one attached hydrogen (secondary N) is 3. The molecule has 13 heteroatoms. The fourth-order valence-electron chi connectivity index (χ4n) is 7.71. The number of hydrogen-bond acceptors (Lipinski definition) is 9. The summed E-state index contributed by atoms with van der Waals surface area (Å²) >= 11 is 0. The molecule has 51 heavy (non-hydrogen) atoms. The van der Waals surface area contributed by atoms with Crippen molar-refractivity contribution in [2.45, 2.75) is 127 Å². The largest absolute Gasteiger partial charge is 0.486 e. The van der Waals surface area contributed by atoms with Crippen LogP contribution >= 0.6 is 0 Å². The van der Waals surface area contributed by atoms with Crippen molar-refractivity contribution in [1.29, 1.82) is 0 Å². The minimum atomic E-state index is -3.95. The number of fused-ring (bicyclic) bond motifs is 3. The normalized spacial score (nSPS) is 28.1. The molecule has 4 aliphatic rings. The van der Waals surface area contributed by atoms with Gasteiger partial charge < -0.3 is 19.7 Å². The smallest absolute Gasteiger partial charge is 0.259 e. The highest BCUT2D eigenvalue weighted by molar-refractivity contribution is 7.91. The van der Waals surface area contributed by atoms with E-state index < -0.39 is 50.3 Å². The van der Waals surface area contributed by atoms with Crippen molar-refractivity contribution in [3.8, 4) is 5.75 Å². The highest BCUT2D eigenvalue weighted by atomic mass is 32.2. The quantitative estimate of drug-likeness (QED) is 0.186. The van der Waals surface area contributed by atoms with Crippen LogP contribution in [0.1, 0.15) is 96.2 Å². The molecule has 2 aromatic rings. The number of pyridine rings is 1. The van der Waals surface area contributed by atoms with Crippen molar-refractivity contribution < 1.29 is 32.3 Å². The Kier molecular flexibility index (Phi) is 11.1. The van der Waals surface area contributed by atoms with Crippen LogP contribution in [0.15, 0.2) is 36.4 Å². The Hall–Kier alpha value is -3.55. The number of ether oxygens (including phenoxy) is 2. The highest BCUT2D eigenvalue weighted by Crippen LogP contribution is 2.45. The van der Waals surface area contributed by atoms with E-state index in [1.54, 1.807) is 11.8 Å². The molecule has 2 saturated carbocycles. The van der Waals surface area contributed by atoms with Gasteiger partial charge in [0.25, 0.3) is 5.91 Å². The fourth-order valence-corrected chi connectivity index (χ4v) is 9.02. The molecule has 0 bridgehead atoms. The third kappa shape index (κ3) is 7.52. The third-order valence-electron chi connectivity index (χ3n) is 11.3. The SMILES string of the molecule is CCOCNC1CCCCCC=CC2CCC2(C(=O)NS(=O)(=O)C2(C)CC2)NC(=O)C2CC(Oc3c(C)nc4ccccc4c3CC)CN2C1=O. The number of rotatable bonds is 10. The topological polar surface area (TPSA) is 156 Å². The average molecular weight is 724 g/mol. The van der Waals surface area contributed by atoms with Crippen molar-refractivity contribution in [2.75, 3.05) is 19.9 Å². The van der Waals surface area contributed by atoms with E-state index in [0.29, 0.717) is 44.5 Å². The monoisotopic (exact) mass is 723 g/mol. The van der Waals surface area contributed by atoms with E-state index in [-0.39, 0.29) is 37.9 Å². The lowest BCUT2D eigenvalue weighted by Crippen LogP contribution is -2.70. The average Bonchev–Trinajstić information content (AvgIpc) is 3.72. The number of hydrogen-bond donors (Lipinski definition) is 3. The first-order valence-corrected chi connectivity index (χ1v) is 20.1. The van der Waals surface area contributed by atoms with Crippen molar-refractivity contribution in [1.82, 2.24) is 25.2 Å². The van der Waals surface area contributed by atoms with E-state index in [1.165, 1.54) is 0 Å². The van der Waals surface area contributed by atoms with Crippen molar-refractivity contribution in [3.05, 3.63) is 47.7 Å². The Morgan fingerprint density at radius 2 is 1.88 bits per heavy atom. The lowest BCUT2D eigenvalue weighted by Gasteiger charge is -2.47. The fraction of sp³-hybridized carbons (Fsp3) is 0.632. The molecule has 3 fully saturated rings. The Bertz CT molecular complexity index is 1780. The van der Waals surface area contributed by atoms with Crippen LogP contribution in [-0.4, -0.2) is 84.4 Å². The number of aromatic nitrogens is 1. The molecule has 2 aliphatic heterocycles. The first kappa shape index (κ1) is 37.2. The molecule has 1 aromatic carbocycles. The summed E-state index contributed by atoms with van der Waals surface area (Å²) in [5, 5.41) is 7.28. The zero-order valence-corrected chi connectivity index (χ0v) is 31.1. The van der Waals surface area contributed by atoms with Crippen LogP contribution in [0.5, 0.6) is 5.75 Å². The predicted molar refractivity (Wildman–Crippen MR) is 194 cm³/mol. The number of carbonyl (C=O) groups excluding carboxylic acids is 3. The summed E-state index contributed by atoms with van der Waals surface area (Å²) in [6.07, 6.45) is 10.2. The molecule has 1 aromatic heterocycles. The molecule has 1 saturated heterocycles. The van der Waals surface area contributed by atoms with Gasteiger partial charge in [0.2, 0.25) is 21.8 Å². The van der Waals surface area contributed by atoms with Crippen LogP contribution in [0.2, 0.25) is 0 Å². The number of para-hydroxylation sites is 1. The number of carbonyl (C=O) groups is 3. The van der Waals surface area contributed by atoms with Crippen molar-refractivity contribution in [2.24, 2.45) is 5.92 Å². The minimum absolute atomic E-state index is 0.161. The van der Waals surface area contributed by atoms with Crippen LogP contribution in [-0.2, 0) is 35.6 Å². The number of sulfonamides is 1. The van der Waals surface area contributed by atoms with Gasteiger partial charge in [-0.05, 0) is 78.2 Å². The van der Waals surface area contributed by atoms with Gasteiger partial charge >= 0.3 is 0 Å². The lowest BCUT2D eigenvalue weighted by molar-refractivity contribution is -0.145. The maximum atomic E-state index is 14.5. The van der Waals surface area contributed by atoms with Crippen molar-refractivity contribution >= 4 is 38.6 Å². The van der Waals surface area contributed by atoms with Crippen LogP contribution in [0.25, 0.3) is 10.9 Å². The minimum Gasteiger partial charge on any atom is -0.486 e. The second kappa shape index (κ2) is 15.2. The van der Waals surface area contributed by atoms with E-state index in [0.717, 1.165) is 47.8 Å². The summed E-state index contributed by atoms with van der Waals surface area (Å²) in [6.45, 7) is 8.33. The van der Waals surface area contributed by atoms with Gasteiger partial charge in [-0.15, -0.1) is 0 Å². The molecule has 0 spiro atoms. The zero-order chi connectivity index (χ0) is 36.4.